The number of aromatic nitrogens is 3. The first-order valence-corrected chi connectivity index (χ1v) is 20.5. The molecule has 9 rings (SSSR count). The third kappa shape index (κ3) is 8.17. The number of hydrogen-bond donors (Lipinski definition) is 1. The summed E-state index contributed by atoms with van der Waals surface area (Å²) >= 11 is 0. The van der Waals surface area contributed by atoms with Gasteiger partial charge in [0.2, 0.25) is 0 Å². The Balaban J connectivity index is 1.38. The first-order chi connectivity index (χ1) is 40.1. The van der Waals surface area contributed by atoms with Crippen molar-refractivity contribution in [1.82, 2.24) is 14.5 Å². The van der Waals surface area contributed by atoms with Crippen molar-refractivity contribution < 1.29 is 36.6 Å². The SMILES string of the molecule is [2H]c1c([2H])c([2H])c(-c2ccc(-c3ccnc(-c4cc(-c5cccc6c5nc(-c5cc(C(C([2H])([2H])[2H])(C([2H])([2H])[2H])C([2H])([2H])[2H])cc(C(C([2H])([2H])[2H])(C([2H])([2H])[2H])C([2H])([2H])[2H])c5O)n6-c5ccccc5-c5ccccc5)cc(C(C)(C)C)c4)c3)cc2)c([2H])c1[2H]. The highest BCUT2D eigenvalue weighted by Crippen LogP contribution is 2.46. The van der Waals surface area contributed by atoms with Gasteiger partial charge in [-0.15, -0.1) is 0 Å². The number of hydrogen-bond acceptors (Lipinski definition) is 3. The van der Waals surface area contributed by atoms with Crippen LogP contribution in [0, 0.1) is 0 Å². The fraction of sp³-hybridized carbons (Fsp3) is 0.200. The summed E-state index contributed by atoms with van der Waals surface area (Å²) in [6, 6.07) is 35.8. The van der Waals surface area contributed by atoms with Gasteiger partial charge in [0.05, 0.1) is 34.8 Å². The van der Waals surface area contributed by atoms with Gasteiger partial charge in [-0.25, -0.2) is 4.98 Å². The van der Waals surface area contributed by atoms with E-state index < -0.39 is 104 Å². The highest BCUT2D eigenvalue weighted by atomic mass is 16.3. The molecule has 0 saturated heterocycles. The van der Waals surface area contributed by atoms with Crippen molar-refractivity contribution in [2.75, 3.05) is 0 Å². The largest absolute Gasteiger partial charge is 0.507 e. The van der Waals surface area contributed by atoms with E-state index in [0.717, 1.165) is 5.56 Å². The second kappa shape index (κ2) is 16.3. The van der Waals surface area contributed by atoms with Gasteiger partial charge in [-0.05, 0) is 103 Å². The van der Waals surface area contributed by atoms with Gasteiger partial charge in [0.15, 0.2) is 0 Å². The number of phenolic OH excluding ortho intramolecular Hbond substituents is 1. The second-order valence-corrected chi connectivity index (χ2v) is 16.8. The quantitative estimate of drug-likeness (QED) is 0.174. The molecule has 0 atom stereocenters. The Labute approximate surface area is 411 Å². The topological polar surface area (TPSA) is 50.9 Å². The summed E-state index contributed by atoms with van der Waals surface area (Å²) in [6.07, 6.45) is 1.62. The average Bonchev–Trinajstić information content (AvgIpc) is 1.05. The minimum absolute atomic E-state index is 0.0481. The van der Waals surface area contributed by atoms with Crippen LogP contribution in [0.2, 0.25) is 0 Å². The zero-order valence-corrected chi connectivity index (χ0v) is 35.1. The Kier molecular flexibility index (Phi) is 5.86. The molecule has 2 heterocycles. The number of phenols is 1. The lowest BCUT2D eigenvalue weighted by atomic mass is 9.79. The summed E-state index contributed by atoms with van der Waals surface area (Å²) in [5, 5.41) is 13.0. The molecule has 9 aromatic rings. The minimum Gasteiger partial charge on any atom is -0.507 e. The molecular formula is C60H57N3O. The lowest BCUT2D eigenvalue weighted by Crippen LogP contribution is -2.17. The van der Waals surface area contributed by atoms with Crippen molar-refractivity contribution in [1.29, 1.82) is 0 Å². The van der Waals surface area contributed by atoms with Gasteiger partial charge < -0.3 is 5.11 Å². The van der Waals surface area contributed by atoms with Crippen molar-refractivity contribution in [3.05, 3.63) is 193 Å². The van der Waals surface area contributed by atoms with E-state index in [1.165, 1.54) is 4.57 Å². The fourth-order valence-corrected chi connectivity index (χ4v) is 7.95. The average molecular weight is 859 g/mol. The van der Waals surface area contributed by atoms with Gasteiger partial charge in [0, 0.05) is 53.1 Å². The number of nitrogens with zero attached hydrogens (tertiary/aromatic N) is 3. The number of fused-ring (bicyclic) bond motifs is 1. The van der Waals surface area contributed by atoms with E-state index in [1.807, 2.05) is 45.0 Å². The number of aromatic hydroxyl groups is 1. The van der Waals surface area contributed by atoms with Crippen molar-refractivity contribution in [2.24, 2.45) is 0 Å². The van der Waals surface area contributed by atoms with Gasteiger partial charge >= 0.3 is 0 Å². The van der Waals surface area contributed by atoms with Gasteiger partial charge in [0.1, 0.15) is 11.6 Å². The van der Waals surface area contributed by atoms with Crippen molar-refractivity contribution >= 4 is 11.0 Å². The maximum Gasteiger partial charge on any atom is 0.149 e. The Morgan fingerprint density at radius 2 is 1.17 bits per heavy atom. The zero-order valence-electron chi connectivity index (χ0n) is 58.1. The van der Waals surface area contributed by atoms with Crippen LogP contribution in [0.3, 0.4) is 0 Å². The third-order valence-electron chi connectivity index (χ3n) is 11.3. The molecule has 0 spiro atoms. The zero-order chi connectivity index (χ0) is 64.3. The van der Waals surface area contributed by atoms with Crippen LogP contribution in [0.1, 0.15) is 110 Å². The molecule has 2 aromatic heterocycles. The molecule has 0 unspecified atom stereocenters. The van der Waals surface area contributed by atoms with Crippen LogP contribution in [0.25, 0.3) is 83.9 Å². The molecule has 0 fully saturated rings. The highest BCUT2D eigenvalue weighted by molar-refractivity contribution is 5.98. The standard InChI is InChI=1S/C60H57N3O/c1-58(2,3)46-34-44(33-45(35-46)52-36-43(31-32-61-52)41-29-27-40(28-30-41)39-19-12-10-13-20-39)49-24-18-26-54-55(49)62-57(50-37-47(59(4,5)6)38-51(56(50)64)60(7,8)9)63(54)53-25-17-16-23-48(53)42-21-14-11-15-22-42/h10-38,64H,1-9H3/i4D3,5D3,6D3,7D3,8D3,9D3,10D,12D,13D,19D,20D. The summed E-state index contributed by atoms with van der Waals surface area (Å²) < 4.78 is 200. The molecule has 318 valence electrons. The monoisotopic (exact) mass is 859 g/mol. The fourth-order valence-electron chi connectivity index (χ4n) is 7.95. The number of pyridine rings is 1. The minimum atomic E-state index is -4.16. The molecule has 0 saturated carbocycles. The summed E-state index contributed by atoms with van der Waals surface area (Å²) in [5.41, 5.74) is -5.85. The molecule has 7 aromatic carbocycles. The number of rotatable bonds is 7. The molecule has 0 amide bonds. The van der Waals surface area contributed by atoms with Gasteiger partial charge in [0.25, 0.3) is 0 Å². The van der Waals surface area contributed by atoms with E-state index in [-0.39, 0.29) is 40.4 Å². The van der Waals surface area contributed by atoms with Crippen LogP contribution in [-0.4, -0.2) is 19.6 Å². The first-order valence-electron chi connectivity index (χ1n) is 32.0. The molecule has 4 nitrogen and oxygen atoms in total. The smallest absolute Gasteiger partial charge is 0.149 e. The van der Waals surface area contributed by atoms with Gasteiger partial charge in [-0.1, -0.05) is 189 Å². The lowest BCUT2D eigenvalue weighted by molar-refractivity contribution is 0.446. The summed E-state index contributed by atoms with van der Waals surface area (Å²) in [6.45, 7) is -18.7. The summed E-state index contributed by atoms with van der Waals surface area (Å²) in [4.78, 5) is 9.92. The lowest BCUT2D eigenvalue weighted by Gasteiger charge is -2.27. The second-order valence-electron chi connectivity index (χ2n) is 16.8. The van der Waals surface area contributed by atoms with Crippen LogP contribution < -0.4 is 0 Å². The van der Waals surface area contributed by atoms with Crippen molar-refractivity contribution in [3.8, 4) is 78.6 Å². The third-order valence-corrected chi connectivity index (χ3v) is 11.3. The van der Waals surface area contributed by atoms with Gasteiger partial charge in [-0.3, -0.25) is 9.55 Å². The van der Waals surface area contributed by atoms with Crippen molar-refractivity contribution in [3.63, 3.8) is 0 Å². The Morgan fingerprint density at radius 1 is 0.516 bits per heavy atom. The summed E-state index contributed by atoms with van der Waals surface area (Å²) in [7, 11) is 0. The van der Waals surface area contributed by atoms with Crippen molar-refractivity contribution in [2.45, 2.75) is 78.1 Å². The molecule has 0 aliphatic rings. The van der Waals surface area contributed by atoms with E-state index in [4.69, 9.17) is 41.5 Å². The van der Waals surface area contributed by atoms with Crippen LogP contribution in [-0.2, 0) is 16.2 Å². The Hall–Kier alpha value is -7.04. The van der Waals surface area contributed by atoms with Crippen LogP contribution in [0.5, 0.6) is 5.75 Å². The van der Waals surface area contributed by atoms with E-state index in [2.05, 4.69) is 0 Å². The van der Waals surface area contributed by atoms with Crippen LogP contribution >= 0.6 is 0 Å². The maximum atomic E-state index is 13.0. The molecular weight excluding hydrogens is 779 g/mol. The first kappa shape index (κ1) is 23.1. The summed E-state index contributed by atoms with van der Waals surface area (Å²) in [5.74, 6) is -1.84. The molecule has 4 heteroatoms. The number of para-hydroxylation sites is 2. The predicted octanol–water partition coefficient (Wildman–Crippen LogP) is 16.0. The molecule has 1 N–H and O–H groups in total. The molecule has 64 heavy (non-hydrogen) atoms. The van der Waals surface area contributed by atoms with E-state index >= 15 is 0 Å². The molecule has 0 aliphatic heterocycles. The Morgan fingerprint density at radius 3 is 1.89 bits per heavy atom. The van der Waals surface area contributed by atoms with Crippen LogP contribution in [0.15, 0.2) is 176 Å². The normalized spacial score (nSPS) is 18.6. The number of benzene rings is 7. The Bertz CT molecular complexity index is 4030. The van der Waals surface area contributed by atoms with E-state index in [1.54, 1.807) is 109 Å². The maximum absolute atomic E-state index is 13.0. The molecule has 0 aliphatic carbocycles. The molecule has 0 radical (unpaired) electrons. The van der Waals surface area contributed by atoms with Gasteiger partial charge in [-0.2, -0.15) is 0 Å². The highest BCUT2D eigenvalue weighted by Gasteiger charge is 2.29. The van der Waals surface area contributed by atoms with Crippen LogP contribution in [0.4, 0.5) is 0 Å². The van der Waals surface area contributed by atoms with E-state index in [0.29, 0.717) is 56.3 Å². The van der Waals surface area contributed by atoms with E-state index in [9.17, 15) is 5.11 Å². The molecule has 0 bridgehead atoms. The number of imidazole rings is 1. The predicted molar refractivity (Wildman–Crippen MR) is 269 cm³/mol.